The van der Waals surface area contributed by atoms with Gasteiger partial charge in [-0.15, -0.1) is 6.58 Å². The van der Waals surface area contributed by atoms with Gasteiger partial charge in [-0.3, -0.25) is 19.3 Å². The summed E-state index contributed by atoms with van der Waals surface area (Å²) < 4.78 is 5.00. The predicted molar refractivity (Wildman–Crippen MR) is 106 cm³/mol. The Kier molecular flexibility index (Phi) is 6.20. The van der Waals surface area contributed by atoms with Crippen LogP contribution < -0.4 is 0 Å². The first-order valence-electron chi connectivity index (χ1n) is 9.84. The van der Waals surface area contributed by atoms with Gasteiger partial charge in [0.2, 0.25) is 5.91 Å². The highest BCUT2D eigenvalue weighted by molar-refractivity contribution is 5.88. The van der Waals surface area contributed by atoms with Crippen LogP contribution >= 0.6 is 0 Å². The lowest BCUT2D eigenvalue weighted by Gasteiger charge is -2.45. The maximum atomic E-state index is 12.6. The molecule has 0 saturated carbocycles. The van der Waals surface area contributed by atoms with Gasteiger partial charge in [0.15, 0.2) is 0 Å². The topological polar surface area (TPSA) is 59.1 Å². The number of methoxy groups -OCH3 is 1. The molecule has 1 atom stereocenters. The molecule has 2 aliphatic rings. The number of hydrogen-bond donors (Lipinski definition) is 0. The van der Waals surface area contributed by atoms with Crippen molar-refractivity contribution in [2.75, 3.05) is 26.8 Å². The van der Waals surface area contributed by atoms with Crippen molar-refractivity contribution in [3.8, 4) is 0 Å². The van der Waals surface area contributed by atoms with Crippen molar-refractivity contribution < 1.29 is 19.2 Å². The number of hydrogen-bond acceptors (Lipinski definition) is 5. The summed E-state index contributed by atoms with van der Waals surface area (Å²) in [5, 5.41) is 1.45. The van der Waals surface area contributed by atoms with E-state index in [1.165, 1.54) is 28.9 Å². The van der Waals surface area contributed by atoms with E-state index in [9.17, 15) is 9.59 Å². The van der Waals surface area contributed by atoms with E-state index in [1.54, 1.807) is 6.08 Å². The molecule has 2 saturated heterocycles. The Labute approximate surface area is 167 Å². The molecule has 0 N–H and O–H groups in total. The van der Waals surface area contributed by atoms with Crippen LogP contribution in [-0.4, -0.2) is 54.2 Å². The molecule has 152 valence electrons. The molecular weight excluding hydrogens is 356 g/mol. The van der Waals surface area contributed by atoms with Crippen LogP contribution in [-0.2, 0) is 25.7 Å². The highest BCUT2D eigenvalue weighted by Crippen LogP contribution is 2.44. The number of ether oxygens (including phenoxy) is 1. The van der Waals surface area contributed by atoms with E-state index < -0.39 is 11.5 Å². The second kappa shape index (κ2) is 8.45. The number of rotatable bonds is 6. The largest absolute Gasteiger partial charge is 0.469 e. The first kappa shape index (κ1) is 20.6. The summed E-state index contributed by atoms with van der Waals surface area (Å²) in [6, 6.07) is 6.56. The first-order chi connectivity index (χ1) is 13.4. The average Bonchev–Trinajstić information content (AvgIpc) is 2.95. The van der Waals surface area contributed by atoms with E-state index in [-0.39, 0.29) is 24.9 Å². The maximum absolute atomic E-state index is 12.6. The van der Waals surface area contributed by atoms with Gasteiger partial charge in [-0.2, -0.15) is 0 Å². The molecule has 2 heterocycles. The van der Waals surface area contributed by atoms with E-state index in [0.717, 1.165) is 19.6 Å². The molecule has 1 aromatic carbocycles. The van der Waals surface area contributed by atoms with Crippen molar-refractivity contribution in [3.63, 3.8) is 0 Å². The van der Waals surface area contributed by atoms with Crippen LogP contribution in [0.5, 0.6) is 0 Å². The molecule has 1 unspecified atom stereocenters. The number of esters is 1. The summed E-state index contributed by atoms with van der Waals surface area (Å²) in [4.78, 5) is 33.1. The molecule has 1 aromatic rings. The molecule has 28 heavy (non-hydrogen) atoms. The molecule has 1 spiro atoms. The van der Waals surface area contributed by atoms with Gasteiger partial charge >= 0.3 is 5.97 Å². The molecule has 6 nitrogen and oxygen atoms in total. The third kappa shape index (κ3) is 3.84. The fourth-order valence-corrected chi connectivity index (χ4v) is 4.42. The fourth-order valence-electron chi connectivity index (χ4n) is 4.42. The van der Waals surface area contributed by atoms with Crippen molar-refractivity contribution >= 4 is 11.9 Å². The normalized spacial score (nSPS) is 21.9. The number of carbonyl (C=O) groups is 2. The van der Waals surface area contributed by atoms with Crippen molar-refractivity contribution in [1.29, 1.82) is 0 Å². The van der Waals surface area contributed by atoms with Crippen molar-refractivity contribution in [2.24, 2.45) is 5.92 Å². The number of hydroxylamine groups is 2. The molecule has 2 aliphatic heterocycles. The quantitative estimate of drug-likeness (QED) is 0.556. The molecule has 0 aliphatic carbocycles. The third-order valence-corrected chi connectivity index (χ3v) is 6.16. The smallest absolute Gasteiger partial charge is 0.311 e. The molecule has 3 rings (SSSR count). The lowest BCUT2D eigenvalue weighted by Crippen LogP contribution is -2.57. The predicted octanol–water partition coefficient (Wildman–Crippen LogP) is 2.78. The van der Waals surface area contributed by atoms with E-state index in [0.29, 0.717) is 12.8 Å². The fraction of sp³-hybridized carbons (Fsp3) is 0.545. The summed E-state index contributed by atoms with van der Waals surface area (Å²) in [6.07, 6.45) is 3.11. The van der Waals surface area contributed by atoms with Crippen LogP contribution in [0.2, 0.25) is 0 Å². The molecule has 0 aromatic heterocycles. The van der Waals surface area contributed by atoms with E-state index in [1.807, 2.05) is 0 Å². The van der Waals surface area contributed by atoms with Crippen LogP contribution in [0.1, 0.15) is 36.0 Å². The number of piperidine rings is 1. The second-order valence-electron chi connectivity index (χ2n) is 7.85. The average molecular weight is 386 g/mol. The van der Waals surface area contributed by atoms with Gasteiger partial charge in [0.1, 0.15) is 0 Å². The number of amides is 1. The van der Waals surface area contributed by atoms with Gasteiger partial charge in [0.05, 0.1) is 25.2 Å². The van der Waals surface area contributed by atoms with Crippen LogP contribution in [0.3, 0.4) is 0 Å². The number of carbonyl (C=O) groups excluding carboxylic acids is 2. The molecule has 0 bridgehead atoms. The third-order valence-electron chi connectivity index (χ3n) is 6.16. The molecule has 1 amide bonds. The lowest BCUT2D eigenvalue weighted by molar-refractivity contribution is -0.218. The molecular formula is C22H30N2O4. The Hall–Kier alpha value is -2.18. The number of nitrogens with zero attached hydrogens (tertiary/aromatic N) is 2. The van der Waals surface area contributed by atoms with Crippen molar-refractivity contribution in [2.45, 2.75) is 45.2 Å². The number of aryl methyl sites for hydroxylation is 2. The minimum absolute atomic E-state index is 0.140. The van der Waals surface area contributed by atoms with Crippen LogP contribution in [0.25, 0.3) is 0 Å². The van der Waals surface area contributed by atoms with Gasteiger partial charge in [0, 0.05) is 26.1 Å². The van der Waals surface area contributed by atoms with E-state index in [2.05, 4.69) is 43.5 Å². The monoisotopic (exact) mass is 386 g/mol. The Bertz CT molecular complexity index is 753. The van der Waals surface area contributed by atoms with Gasteiger partial charge in [0.25, 0.3) is 0 Å². The maximum Gasteiger partial charge on any atom is 0.311 e. The standard InChI is InChI=1S/C22H30N2O4/c1-5-12-28-24-20(25)14-19(21(26)27-4)22(24)8-10-23(11-9-22)15-18-7-6-16(2)17(3)13-18/h5-7,13,19H,1,8-12,14-15H2,2-4H3. The van der Waals surface area contributed by atoms with Crippen LogP contribution in [0, 0.1) is 19.8 Å². The summed E-state index contributed by atoms with van der Waals surface area (Å²) in [6.45, 7) is 10.6. The van der Waals surface area contributed by atoms with Gasteiger partial charge in [-0.25, -0.2) is 5.06 Å². The minimum atomic E-state index is -0.632. The van der Waals surface area contributed by atoms with Gasteiger partial charge < -0.3 is 4.74 Å². The zero-order valence-corrected chi connectivity index (χ0v) is 17.1. The second-order valence-corrected chi connectivity index (χ2v) is 7.85. The van der Waals surface area contributed by atoms with Gasteiger partial charge in [-0.1, -0.05) is 24.3 Å². The number of likely N-dealkylation sites (tertiary alicyclic amines) is 1. The van der Waals surface area contributed by atoms with Crippen LogP contribution in [0.4, 0.5) is 0 Å². The van der Waals surface area contributed by atoms with Crippen molar-refractivity contribution in [1.82, 2.24) is 9.96 Å². The Morgan fingerprint density at radius 1 is 1.29 bits per heavy atom. The Morgan fingerprint density at radius 3 is 2.61 bits per heavy atom. The summed E-state index contributed by atoms with van der Waals surface area (Å²) >= 11 is 0. The SMILES string of the molecule is C=CCON1C(=O)CC(C(=O)OC)C12CCN(Cc1ccc(C)c(C)c1)CC2. The zero-order chi connectivity index (χ0) is 20.3. The Balaban J connectivity index is 1.74. The van der Waals surface area contributed by atoms with Gasteiger partial charge in [-0.05, 0) is 43.4 Å². The molecule has 0 radical (unpaired) electrons. The van der Waals surface area contributed by atoms with E-state index >= 15 is 0 Å². The zero-order valence-electron chi connectivity index (χ0n) is 17.1. The minimum Gasteiger partial charge on any atom is -0.469 e. The summed E-state index contributed by atoms with van der Waals surface area (Å²) in [5.41, 5.74) is 3.24. The summed E-state index contributed by atoms with van der Waals surface area (Å²) in [5.74, 6) is -0.973. The lowest BCUT2D eigenvalue weighted by atomic mass is 9.77. The van der Waals surface area contributed by atoms with Crippen molar-refractivity contribution in [3.05, 3.63) is 47.5 Å². The Morgan fingerprint density at radius 2 is 2.00 bits per heavy atom. The molecule has 6 heteroatoms. The summed E-state index contributed by atoms with van der Waals surface area (Å²) in [7, 11) is 1.38. The van der Waals surface area contributed by atoms with Crippen LogP contribution in [0.15, 0.2) is 30.9 Å². The van der Waals surface area contributed by atoms with E-state index in [4.69, 9.17) is 9.57 Å². The first-order valence-corrected chi connectivity index (χ1v) is 9.84. The highest BCUT2D eigenvalue weighted by atomic mass is 16.7. The molecule has 2 fully saturated rings. The number of benzene rings is 1. The highest BCUT2D eigenvalue weighted by Gasteiger charge is 2.58.